The van der Waals surface area contributed by atoms with Crippen LogP contribution in [0.25, 0.3) is 103 Å². The Balaban J connectivity index is 0.972. The number of thiophene rings is 1. The molecular weight excluding hydrogens is 805 g/mol. The van der Waals surface area contributed by atoms with E-state index in [-0.39, 0.29) is 0 Å². The third-order valence-electron chi connectivity index (χ3n) is 13.2. The van der Waals surface area contributed by atoms with E-state index in [1.165, 1.54) is 103 Å². The zero-order valence-electron chi connectivity index (χ0n) is 35.4. The van der Waals surface area contributed by atoms with Gasteiger partial charge >= 0.3 is 0 Å². The molecule has 2 aromatic heterocycles. The number of rotatable bonds is 7. The molecule has 11 aromatic carbocycles. The highest BCUT2D eigenvalue weighted by atomic mass is 32.1. The molecule has 304 valence electrons. The van der Waals surface area contributed by atoms with E-state index in [2.05, 4.69) is 252 Å². The van der Waals surface area contributed by atoms with E-state index < -0.39 is 0 Å². The van der Waals surface area contributed by atoms with Gasteiger partial charge in [0.05, 0.1) is 16.7 Å². The monoisotopic (exact) mass is 844 g/mol. The van der Waals surface area contributed by atoms with Gasteiger partial charge in [0.1, 0.15) is 0 Å². The summed E-state index contributed by atoms with van der Waals surface area (Å²) in [6.45, 7) is 0. The lowest BCUT2D eigenvalue weighted by Crippen LogP contribution is -2.10. The van der Waals surface area contributed by atoms with Gasteiger partial charge in [0.25, 0.3) is 0 Å². The summed E-state index contributed by atoms with van der Waals surface area (Å²) in [5.41, 5.74) is 14.1. The van der Waals surface area contributed by atoms with Crippen molar-refractivity contribution in [2.24, 2.45) is 0 Å². The molecule has 0 aliphatic heterocycles. The van der Waals surface area contributed by atoms with E-state index in [9.17, 15) is 0 Å². The van der Waals surface area contributed by atoms with Crippen molar-refractivity contribution in [1.82, 2.24) is 4.57 Å². The molecular formula is C62H40N2S. The van der Waals surface area contributed by atoms with E-state index in [0.717, 1.165) is 17.1 Å². The molecule has 0 unspecified atom stereocenters. The predicted molar refractivity (Wildman–Crippen MR) is 280 cm³/mol. The number of anilines is 3. The lowest BCUT2D eigenvalue weighted by Gasteiger charge is -2.26. The number of hydrogen-bond donors (Lipinski definition) is 0. The second-order valence-corrected chi connectivity index (χ2v) is 17.9. The standard InChI is InChI=1S/C62H40N2S/c1-3-20-49-41(14-1)16-10-24-51(49)43-32-36-46(37-33-43)63(47-38-34-44(35-39-47)52-25-11-17-42-15-2-4-21-50(42)52)48-19-9-18-45(40-48)53-26-12-28-57-61(53)54-22-5-7-27-56(54)64(57)58-29-13-31-60-62(58)55-23-6-8-30-59(55)65-60/h1-40H. The number of nitrogens with zero attached hydrogens (tertiary/aromatic N) is 2. The van der Waals surface area contributed by atoms with Gasteiger partial charge < -0.3 is 9.47 Å². The van der Waals surface area contributed by atoms with E-state index in [4.69, 9.17) is 0 Å². The first-order valence-electron chi connectivity index (χ1n) is 22.2. The SMILES string of the molecule is c1cc(-c2cccc3c2c2ccccc2n3-c2cccc3sc4ccccc4c23)cc(N(c2ccc(-c3cccc4ccccc34)cc2)c2ccc(-c3cccc4ccccc34)cc2)c1. The fourth-order valence-corrected chi connectivity index (χ4v) is 11.4. The molecule has 0 saturated heterocycles. The predicted octanol–water partition coefficient (Wildman–Crippen LogP) is 17.9. The zero-order chi connectivity index (χ0) is 42.8. The molecule has 0 aliphatic carbocycles. The second-order valence-electron chi connectivity index (χ2n) is 16.8. The van der Waals surface area contributed by atoms with E-state index in [0.29, 0.717) is 0 Å². The summed E-state index contributed by atoms with van der Waals surface area (Å²) >= 11 is 1.87. The van der Waals surface area contributed by atoms with E-state index >= 15 is 0 Å². The van der Waals surface area contributed by atoms with Crippen molar-refractivity contribution in [3.63, 3.8) is 0 Å². The van der Waals surface area contributed by atoms with E-state index in [1.54, 1.807) is 0 Å². The van der Waals surface area contributed by atoms with Crippen LogP contribution in [-0.2, 0) is 0 Å². The Kier molecular flexibility index (Phi) is 8.75. The Morgan fingerprint density at radius 1 is 0.308 bits per heavy atom. The smallest absolute Gasteiger partial charge is 0.0555 e. The Hall–Kier alpha value is -8.24. The van der Waals surface area contributed by atoms with Crippen LogP contribution in [0.5, 0.6) is 0 Å². The van der Waals surface area contributed by atoms with Gasteiger partial charge in [-0.3, -0.25) is 0 Å². The first-order chi connectivity index (χ1) is 32.2. The van der Waals surface area contributed by atoms with Crippen LogP contribution in [-0.4, -0.2) is 4.57 Å². The fourth-order valence-electron chi connectivity index (χ4n) is 10.3. The van der Waals surface area contributed by atoms with Crippen molar-refractivity contribution < 1.29 is 0 Å². The number of hydrogen-bond acceptors (Lipinski definition) is 2. The third-order valence-corrected chi connectivity index (χ3v) is 14.3. The Bertz CT molecular complexity index is 3820. The summed E-state index contributed by atoms with van der Waals surface area (Å²) < 4.78 is 5.10. The number of fused-ring (bicyclic) bond motifs is 8. The topological polar surface area (TPSA) is 8.17 Å². The van der Waals surface area contributed by atoms with Crippen LogP contribution in [0.4, 0.5) is 17.1 Å². The van der Waals surface area contributed by atoms with Gasteiger partial charge in [0, 0.05) is 48.0 Å². The molecule has 2 nitrogen and oxygen atoms in total. The van der Waals surface area contributed by atoms with Crippen LogP contribution in [0, 0.1) is 0 Å². The molecule has 0 amide bonds. The number of aromatic nitrogens is 1. The van der Waals surface area contributed by atoms with Crippen molar-refractivity contribution in [3.05, 3.63) is 243 Å². The molecule has 65 heavy (non-hydrogen) atoms. The van der Waals surface area contributed by atoms with Gasteiger partial charge in [-0.25, -0.2) is 0 Å². The average molecular weight is 845 g/mol. The first-order valence-corrected chi connectivity index (χ1v) is 23.1. The summed E-state index contributed by atoms with van der Waals surface area (Å²) in [5, 5.41) is 10.1. The molecule has 2 heterocycles. The molecule has 3 heteroatoms. The molecule has 0 N–H and O–H groups in total. The summed E-state index contributed by atoms with van der Waals surface area (Å²) in [6, 6.07) is 88.9. The summed E-state index contributed by atoms with van der Waals surface area (Å²) in [6.07, 6.45) is 0. The molecule has 13 rings (SSSR count). The largest absolute Gasteiger partial charge is 0.310 e. The maximum atomic E-state index is 2.49. The Labute approximate surface area is 381 Å². The number of para-hydroxylation sites is 1. The molecule has 13 aromatic rings. The Morgan fingerprint density at radius 2 is 0.815 bits per heavy atom. The van der Waals surface area contributed by atoms with Crippen molar-refractivity contribution in [1.29, 1.82) is 0 Å². The van der Waals surface area contributed by atoms with Crippen LogP contribution >= 0.6 is 11.3 Å². The molecule has 0 atom stereocenters. The minimum Gasteiger partial charge on any atom is -0.310 e. The first kappa shape index (κ1) is 37.3. The van der Waals surface area contributed by atoms with Crippen LogP contribution in [0.2, 0.25) is 0 Å². The minimum absolute atomic E-state index is 1.09. The van der Waals surface area contributed by atoms with Crippen LogP contribution in [0.1, 0.15) is 0 Å². The third kappa shape index (κ3) is 6.16. The van der Waals surface area contributed by atoms with Crippen LogP contribution in [0.15, 0.2) is 243 Å². The zero-order valence-corrected chi connectivity index (χ0v) is 36.2. The lowest BCUT2D eigenvalue weighted by molar-refractivity contribution is 1.20. The maximum absolute atomic E-state index is 2.49. The van der Waals surface area contributed by atoms with Gasteiger partial charge in [-0.05, 0) is 122 Å². The fraction of sp³-hybridized carbons (Fsp3) is 0. The summed E-state index contributed by atoms with van der Waals surface area (Å²) in [7, 11) is 0. The summed E-state index contributed by atoms with van der Waals surface area (Å²) in [4.78, 5) is 2.40. The minimum atomic E-state index is 1.09. The van der Waals surface area contributed by atoms with Crippen molar-refractivity contribution >= 4 is 91.9 Å². The summed E-state index contributed by atoms with van der Waals surface area (Å²) in [5.74, 6) is 0. The molecule has 0 fully saturated rings. The van der Waals surface area contributed by atoms with Crippen molar-refractivity contribution in [2.75, 3.05) is 4.90 Å². The lowest BCUT2D eigenvalue weighted by atomic mass is 9.97. The molecule has 0 bridgehead atoms. The van der Waals surface area contributed by atoms with Gasteiger partial charge in [0.2, 0.25) is 0 Å². The van der Waals surface area contributed by atoms with Crippen molar-refractivity contribution in [2.45, 2.75) is 0 Å². The van der Waals surface area contributed by atoms with Crippen LogP contribution in [0.3, 0.4) is 0 Å². The van der Waals surface area contributed by atoms with Crippen molar-refractivity contribution in [3.8, 4) is 39.1 Å². The van der Waals surface area contributed by atoms with Gasteiger partial charge in [-0.2, -0.15) is 0 Å². The van der Waals surface area contributed by atoms with Gasteiger partial charge in [-0.1, -0.05) is 176 Å². The normalized spacial score (nSPS) is 11.7. The molecule has 0 radical (unpaired) electrons. The number of benzene rings is 11. The van der Waals surface area contributed by atoms with Crippen LogP contribution < -0.4 is 4.90 Å². The Morgan fingerprint density at radius 3 is 1.51 bits per heavy atom. The highest BCUT2D eigenvalue weighted by molar-refractivity contribution is 7.25. The molecule has 0 aliphatic rings. The molecule has 0 saturated carbocycles. The molecule has 0 spiro atoms. The van der Waals surface area contributed by atoms with Gasteiger partial charge in [0.15, 0.2) is 0 Å². The van der Waals surface area contributed by atoms with Gasteiger partial charge in [-0.15, -0.1) is 11.3 Å². The highest BCUT2D eigenvalue weighted by Gasteiger charge is 2.21. The maximum Gasteiger partial charge on any atom is 0.0555 e. The average Bonchev–Trinajstić information content (AvgIpc) is 3.93. The second kappa shape index (κ2) is 15.2. The van der Waals surface area contributed by atoms with E-state index in [1.807, 2.05) is 11.3 Å². The quantitative estimate of drug-likeness (QED) is 0.155. The highest BCUT2D eigenvalue weighted by Crippen LogP contribution is 2.45.